The van der Waals surface area contributed by atoms with Crippen LogP contribution in [0.5, 0.6) is 0 Å². The Morgan fingerprint density at radius 1 is 1.64 bits per heavy atom. The lowest BCUT2D eigenvalue weighted by Crippen LogP contribution is -2.33. The van der Waals surface area contributed by atoms with Gasteiger partial charge in [-0.05, 0) is 0 Å². The summed E-state index contributed by atoms with van der Waals surface area (Å²) in [6.07, 6.45) is 4.60. The van der Waals surface area contributed by atoms with Crippen LogP contribution in [0.1, 0.15) is 0 Å². The van der Waals surface area contributed by atoms with E-state index in [1.807, 2.05) is 0 Å². The van der Waals surface area contributed by atoms with Crippen LogP contribution in [0, 0.1) is 0 Å². The Morgan fingerprint density at radius 2 is 2.50 bits per heavy atom. The van der Waals surface area contributed by atoms with Gasteiger partial charge < -0.3 is 10.0 Å². The van der Waals surface area contributed by atoms with Gasteiger partial charge in [0.05, 0.1) is 12.7 Å². The van der Waals surface area contributed by atoms with Crippen molar-refractivity contribution in [2.24, 2.45) is 4.99 Å². The summed E-state index contributed by atoms with van der Waals surface area (Å²) >= 11 is 0. The fourth-order valence-electron chi connectivity index (χ4n) is 1.28. The zero-order valence-electron chi connectivity index (χ0n) is 7.29. The Labute approximate surface area is 79.9 Å². The summed E-state index contributed by atoms with van der Waals surface area (Å²) in [6.45, 7) is 0.416. The molecule has 0 unspecified atom stereocenters. The first kappa shape index (κ1) is 8.61. The highest BCUT2D eigenvalue weighted by Crippen LogP contribution is 2.26. The summed E-state index contributed by atoms with van der Waals surface area (Å²) in [5, 5.41) is 8.66. The molecule has 6 nitrogen and oxygen atoms in total. The Morgan fingerprint density at radius 3 is 3.29 bits per heavy atom. The molecule has 6 heteroatoms. The smallest absolute Gasteiger partial charge is 0.323 e. The number of carbonyl (C=O) groups is 1. The average molecular weight is 192 g/mol. The highest BCUT2D eigenvalue weighted by atomic mass is 16.4. The van der Waals surface area contributed by atoms with Crippen molar-refractivity contribution in [2.75, 3.05) is 18.0 Å². The lowest BCUT2D eigenvalue weighted by atomic mass is 10.3. The molecule has 0 amide bonds. The van der Waals surface area contributed by atoms with E-state index >= 15 is 0 Å². The number of aromatic nitrogens is 2. The Balaban J connectivity index is 2.31. The molecule has 0 fully saturated rings. The van der Waals surface area contributed by atoms with Gasteiger partial charge in [-0.15, -0.1) is 0 Å². The number of hydrogen-bond acceptors (Lipinski definition) is 5. The van der Waals surface area contributed by atoms with Crippen LogP contribution < -0.4 is 4.90 Å². The van der Waals surface area contributed by atoms with Gasteiger partial charge in [-0.25, -0.2) is 15.0 Å². The molecule has 1 aliphatic rings. The van der Waals surface area contributed by atoms with E-state index in [9.17, 15) is 4.79 Å². The third-order valence-electron chi connectivity index (χ3n) is 1.86. The SMILES string of the molecule is O=C(O)CN1CC=Nc2ncncc21. The van der Waals surface area contributed by atoms with E-state index in [1.165, 1.54) is 6.33 Å². The van der Waals surface area contributed by atoms with Gasteiger partial charge in [0.2, 0.25) is 0 Å². The van der Waals surface area contributed by atoms with Crippen LogP contribution in [0.4, 0.5) is 11.5 Å². The van der Waals surface area contributed by atoms with Crippen molar-refractivity contribution in [3.8, 4) is 0 Å². The van der Waals surface area contributed by atoms with Gasteiger partial charge in [0.25, 0.3) is 0 Å². The largest absolute Gasteiger partial charge is 0.480 e. The van der Waals surface area contributed by atoms with Crippen LogP contribution in [0.15, 0.2) is 17.5 Å². The van der Waals surface area contributed by atoms with Crippen LogP contribution in [0.2, 0.25) is 0 Å². The van der Waals surface area contributed by atoms with E-state index in [1.54, 1.807) is 17.3 Å². The molecule has 0 aromatic carbocycles. The molecule has 1 aromatic heterocycles. The monoisotopic (exact) mass is 192 g/mol. The second-order valence-corrected chi connectivity index (χ2v) is 2.82. The molecule has 1 aliphatic heterocycles. The van der Waals surface area contributed by atoms with Crippen molar-refractivity contribution in [1.29, 1.82) is 0 Å². The summed E-state index contributed by atoms with van der Waals surface area (Å²) in [4.78, 5) is 24.0. The first-order valence-electron chi connectivity index (χ1n) is 4.06. The molecule has 0 bridgehead atoms. The number of aliphatic carboxylic acids is 1. The highest BCUT2D eigenvalue weighted by Gasteiger charge is 2.17. The number of aliphatic imine (C=N–C) groups is 1. The second kappa shape index (κ2) is 3.41. The van der Waals surface area contributed by atoms with Crippen molar-refractivity contribution in [1.82, 2.24) is 9.97 Å². The van der Waals surface area contributed by atoms with E-state index in [0.29, 0.717) is 18.1 Å². The molecule has 72 valence electrons. The fourth-order valence-corrected chi connectivity index (χ4v) is 1.28. The van der Waals surface area contributed by atoms with Gasteiger partial charge in [0.15, 0.2) is 5.82 Å². The number of hydrogen-bond donors (Lipinski definition) is 1. The topological polar surface area (TPSA) is 78.7 Å². The number of nitrogens with zero attached hydrogens (tertiary/aromatic N) is 4. The van der Waals surface area contributed by atoms with E-state index < -0.39 is 5.97 Å². The van der Waals surface area contributed by atoms with Gasteiger partial charge in [0, 0.05) is 6.21 Å². The molecule has 0 saturated carbocycles. The Kier molecular flexibility index (Phi) is 2.10. The van der Waals surface area contributed by atoms with Crippen LogP contribution in [-0.2, 0) is 4.79 Å². The van der Waals surface area contributed by atoms with Gasteiger partial charge in [-0.2, -0.15) is 0 Å². The number of rotatable bonds is 2. The molecule has 14 heavy (non-hydrogen) atoms. The molecule has 0 radical (unpaired) electrons. The maximum Gasteiger partial charge on any atom is 0.323 e. The number of carboxylic acids is 1. The molecule has 2 rings (SSSR count). The maximum atomic E-state index is 10.6. The number of anilines is 1. The predicted molar refractivity (Wildman–Crippen MR) is 50.0 cm³/mol. The van der Waals surface area contributed by atoms with E-state index in [4.69, 9.17) is 5.11 Å². The molecule has 1 N–H and O–H groups in total. The van der Waals surface area contributed by atoms with Crippen molar-refractivity contribution >= 4 is 23.7 Å². The Bertz CT molecular complexity index is 391. The van der Waals surface area contributed by atoms with Crippen molar-refractivity contribution in [2.45, 2.75) is 0 Å². The molecular formula is C8H8N4O2. The third kappa shape index (κ3) is 1.54. The average Bonchev–Trinajstić information content (AvgIpc) is 2.18. The van der Waals surface area contributed by atoms with E-state index in [2.05, 4.69) is 15.0 Å². The zero-order chi connectivity index (χ0) is 9.97. The Hall–Kier alpha value is -1.98. The fraction of sp³-hybridized carbons (Fsp3) is 0.250. The molecular weight excluding hydrogens is 184 g/mol. The van der Waals surface area contributed by atoms with Gasteiger partial charge in [-0.1, -0.05) is 0 Å². The standard InChI is InChI=1S/C8H8N4O2/c13-7(14)4-12-2-1-10-8-6(12)3-9-5-11-8/h1,3,5H,2,4H2,(H,13,14). The molecule has 1 aromatic rings. The first-order chi connectivity index (χ1) is 6.77. The molecule has 0 atom stereocenters. The number of carboxylic acid groups (broad SMARTS) is 1. The third-order valence-corrected chi connectivity index (χ3v) is 1.86. The summed E-state index contributed by atoms with van der Waals surface area (Å²) in [5.41, 5.74) is 0.664. The van der Waals surface area contributed by atoms with E-state index in [-0.39, 0.29) is 6.54 Å². The molecule has 0 aliphatic carbocycles. The highest BCUT2D eigenvalue weighted by molar-refractivity contribution is 5.83. The van der Waals surface area contributed by atoms with Crippen molar-refractivity contribution in [3.05, 3.63) is 12.5 Å². The quantitative estimate of drug-likeness (QED) is 0.718. The summed E-state index contributed by atoms with van der Waals surface area (Å²) in [5.74, 6) is -0.359. The van der Waals surface area contributed by atoms with Gasteiger partial charge >= 0.3 is 5.97 Å². The predicted octanol–water partition coefficient (Wildman–Crippen LogP) is 0.0835. The van der Waals surface area contributed by atoms with Crippen molar-refractivity contribution < 1.29 is 9.90 Å². The molecule has 0 saturated heterocycles. The van der Waals surface area contributed by atoms with Crippen LogP contribution in [0.3, 0.4) is 0 Å². The van der Waals surface area contributed by atoms with Gasteiger partial charge in [0.1, 0.15) is 18.6 Å². The first-order valence-corrected chi connectivity index (χ1v) is 4.06. The van der Waals surface area contributed by atoms with E-state index in [0.717, 1.165) is 0 Å². The minimum Gasteiger partial charge on any atom is -0.480 e. The lowest BCUT2D eigenvalue weighted by molar-refractivity contribution is -0.135. The maximum absolute atomic E-state index is 10.6. The summed E-state index contributed by atoms with van der Waals surface area (Å²) in [7, 11) is 0. The van der Waals surface area contributed by atoms with Crippen LogP contribution in [-0.4, -0.2) is 40.3 Å². The summed E-state index contributed by atoms with van der Waals surface area (Å²) in [6, 6.07) is 0. The normalized spacial score (nSPS) is 13.9. The number of fused-ring (bicyclic) bond motifs is 1. The lowest BCUT2D eigenvalue weighted by Gasteiger charge is -2.23. The zero-order valence-corrected chi connectivity index (χ0v) is 7.29. The van der Waals surface area contributed by atoms with Crippen LogP contribution in [0.25, 0.3) is 0 Å². The van der Waals surface area contributed by atoms with Gasteiger partial charge in [-0.3, -0.25) is 4.79 Å². The summed E-state index contributed by atoms with van der Waals surface area (Å²) < 4.78 is 0. The minimum atomic E-state index is -0.880. The van der Waals surface area contributed by atoms with Crippen LogP contribution >= 0.6 is 0 Å². The second-order valence-electron chi connectivity index (χ2n) is 2.82. The van der Waals surface area contributed by atoms with Crippen molar-refractivity contribution in [3.63, 3.8) is 0 Å². The molecule has 0 spiro atoms. The minimum absolute atomic E-state index is 0.0631. The molecule has 2 heterocycles.